The number of carboxylic acids is 1. The molecule has 0 aromatic heterocycles. The first kappa shape index (κ1) is 17.5. The van der Waals surface area contributed by atoms with Crippen molar-refractivity contribution in [2.45, 2.75) is 37.5 Å². The number of para-hydroxylation sites is 1. The molecule has 0 aliphatic heterocycles. The number of carboxylic acid groups (broad SMARTS) is 1. The predicted molar refractivity (Wildman–Crippen MR) is 81.9 cm³/mol. The SMILES string of the molecule is CCNS(=O)(=O)c1ccccc1NCCCCCC(=O)O. The van der Waals surface area contributed by atoms with Gasteiger partial charge in [0, 0.05) is 19.5 Å². The fourth-order valence-electron chi connectivity index (χ4n) is 1.92. The fourth-order valence-corrected chi connectivity index (χ4v) is 3.14. The Morgan fingerprint density at radius 2 is 1.90 bits per heavy atom. The number of aliphatic carboxylic acids is 1. The molecule has 21 heavy (non-hydrogen) atoms. The van der Waals surface area contributed by atoms with Gasteiger partial charge >= 0.3 is 5.97 Å². The quantitative estimate of drug-likeness (QED) is 0.574. The molecule has 0 saturated carbocycles. The third kappa shape index (κ3) is 6.14. The summed E-state index contributed by atoms with van der Waals surface area (Å²) in [5, 5.41) is 11.6. The average molecular weight is 314 g/mol. The molecule has 118 valence electrons. The number of carbonyl (C=O) groups is 1. The summed E-state index contributed by atoms with van der Waals surface area (Å²) in [6, 6.07) is 6.74. The molecular weight excluding hydrogens is 292 g/mol. The molecule has 0 atom stereocenters. The molecule has 1 aromatic rings. The van der Waals surface area contributed by atoms with Gasteiger partial charge in [-0.05, 0) is 25.0 Å². The summed E-state index contributed by atoms with van der Waals surface area (Å²) < 4.78 is 26.6. The molecule has 0 spiro atoms. The summed E-state index contributed by atoms with van der Waals surface area (Å²) >= 11 is 0. The Morgan fingerprint density at radius 1 is 1.19 bits per heavy atom. The molecule has 3 N–H and O–H groups in total. The maximum Gasteiger partial charge on any atom is 0.303 e. The lowest BCUT2D eigenvalue weighted by Gasteiger charge is -2.12. The number of rotatable bonds is 10. The van der Waals surface area contributed by atoms with Crippen LogP contribution in [0.3, 0.4) is 0 Å². The van der Waals surface area contributed by atoms with Crippen molar-refractivity contribution < 1.29 is 18.3 Å². The molecule has 0 unspecified atom stereocenters. The van der Waals surface area contributed by atoms with Gasteiger partial charge in [0.1, 0.15) is 4.90 Å². The first-order chi connectivity index (χ1) is 9.97. The molecule has 6 nitrogen and oxygen atoms in total. The second kappa shape index (κ2) is 8.63. The van der Waals surface area contributed by atoms with Gasteiger partial charge in [0.25, 0.3) is 0 Å². The summed E-state index contributed by atoms with van der Waals surface area (Å²) in [6.07, 6.45) is 2.39. The van der Waals surface area contributed by atoms with Crippen LogP contribution in [0.1, 0.15) is 32.6 Å². The number of hydrogen-bond donors (Lipinski definition) is 3. The van der Waals surface area contributed by atoms with Crippen LogP contribution in [0.15, 0.2) is 29.2 Å². The van der Waals surface area contributed by atoms with Crippen molar-refractivity contribution in [2.75, 3.05) is 18.4 Å². The highest BCUT2D eigenvalue weighted by Gasteiger charge is 2.16. The molecular formula is C14H22N2O4S. The molecule has 0 amide bonds. The van der Waals surface area contributed by atoms with Crippen molar-refractivity contribution in [3.63, 3.8) is 0 Å². The maximum absolute atomic E-state index is 12.0. The minimum absolute atomic E-state index is 0.172. The van der Waals surface area contributed by atoms with Crippen LogP contribution in [0.5, 0.6) is 0 Å². The van der Waals surface area contributed by atoms with Crippen molar-refractivity contribution in [2.24, 2.45) is 0 Å². The van der Waals surface area contributed by atoms with E-state index < -0.39 is 16.0 Å². The average Bonchev–Trinajstić information content (AvgIpc) is 2.42. The number of benzene rings is 1. The van der Waals surface area contributed by atoms with Crippen molar-refractivity contribution in [1.29, 1.82) is 0 Å². The van der Waals surface area contributed by atoms with E-state index in [9.17, 15) is 13.2 Å². The highest BCUT2D eigenvalue weighted by atomic mass is 32.2. The molecule has 0 aliphatic rings. The largest absolute Gasteiger partial charge is 0.481 e. The standard InChI is InChI=1S/C14H22N2O4S/c1-2-16-21(19,20)13-9-6-5-8-12(13)15-11-7-3-4-10-14(17)18/h5-6,8-9,15-16H,2-4,7,10-11H2,1H3,(H,17,18). The van der Waals surface area contributed by atoms with E-state index in [-0.39, 0.29) is 11.3 Å². The third-order valence-corrected chi connectivity index (χ3v) is 4.50. The van der Waals surface area contributed by atoms with Crippen LogP contribution in [0.2, 0.25) is 0 Å². The van der Waals surface area contributed by atoms with Gasteiger partial charge in [-0.15, -0.1) is 0 Å². The fraction of sp³-hybridized carbons (Fsp3) is 0.500. The van der Waals surface area contributed by atoms with Crippen LogP contribution in [0, 0.1) is 0 Å². The summed E-state index contributed by atoms with van der Waals surface area (Å²) in [5.74, 6) is -0.787. The molecule has 0 aliphatic carbocycles. The van der Waals surface area contributed by atoms with E-state index in [1.165, 1.54) is 0 Å². The smallest absolute Gasteiger partial charge is 0.303 e. The Morgan fingerprint density at radius 3 is 2.57 bits per heavy atom. The zero-order chi connectivity index (χ0) is 15.7. The Labute approximate surface area is 125 Å². The Balaban J connectivity index is 2.54. The first-order valence-electron chi connectivity index (χ1n) is 7.01. The monoisotopic (exact) mass is 314 g/mol. The minimum atomic E-state index is -3.49. The van der Waals surface area contributed by atoms with Gasteiger partial charge in [-0.1, -0.05) is 25.5 Å². The number of hydrogen-bond acceptors (Lipinski definition) is 4. The van der Waals surface area contributed by atoms with Crippen LogP contribution in [-0.2, 0) is 14.8 Å². The van der Waals surface area contributed by atoms with Gasteiger partial charge in [0.2, 0.25) is 10.0 Å². The number of nitrogens with one attached hydrogen (secondary N) is 2. The molecule has 0 saturated heterocycles. The zero-order valence-corrected chi connectivity index (χ0v) is 12.9. The van der Waals surface area contributed by atoms with E-state index in [1.807, 2.05) is 0 Å². The molecule has 0 fully saturated rings. The zero-order valence-electron chi connectivity index (χ0n) is 12.1. The second-order valence-corrected chi connectivity index (χ2v) is 6.36. The van der Waals surface area contributed by atoms with Crippen LogP contribution in [0.4, 0.5) is 5.69 Å². The van der Waals surface area contributed by atoms with Gasteiger partial charge in [0.15, 0.2) is 0 Å². The molecule has 0 heterocycles. The van der Waals surface area contributed by atoms with Crippen molar-refractivity contribution >= 4 is 21.7 Å². The highest BCUT2D eigenvalue weighted by molar-refractivity contribution is 7.89. The first-order valence-corrected chi connectivity index (χ1v) is 8.50. The van der Waals surface area contributed by atoms with Gasteiger partial charge < -0.3 is 10.4 Å². The lowest BCUT2D eigenvalue weighted by atomic mass is 10.2. The topological polar surface area (TPSA) is 95.5 Å². The molecule has 1 rings (SSSR count). The second-order valence-electron chi connectivity index (χ2n) is 4.63. The van der Waals surface area contributed by atoms with E-state index in [4.69, 9.17) is 5.11 Å². The lowest BCUT2D eigenvalue weighted by Crippen LogP contribution is -2.24. The van der Waals surface area contributed by atoms with Crippen LogP contribution >= 0.6 is 0 Å². The number of anilines is 1. The Hall–Kier alpha value is -1.60. The van der Waals surface area contributed by atoms with Crippen molar-refractivity contribution in [3.05, 3.63) is 24.3 Å². The van der Waals surface area contributed by atoms with E-state index >= 15 is 0 Å². The van der Waals surface area contributed by atoms with Crippen LogP contribution in [-0.4, -0.2) is 32.6 Å². The molecule has 1 aromatic carbocycles. The van der Waals surface area contributed by atoms with Gasteiger partial charge in [-0.25, -0.2) is 13.1 Å². The highest BCUT2D eigenvalue weighted by Crippen LogP contribution is 2.20. The van der Waals surface area contributed by atoms with E-state index in [1.54, 1.807) is 31.2 Å². The maximum atomic E-state index is 12.0. The van der Waals surface area contributed by atoms with Crippen molar-refractivity contribution in [1.82, 2.24) is 4.72 Å². The summed E-state index contributed by atoms with van der Waals surface area (Å²) in [4.78, 5) is 10.6. The number of unbranched alkanes of at least 4 members (excludes halogenated alkanes) is 2. The Kier molecular flexibility index (Phi) is 7.18. The van der Waals surface area contributed by atoms with E-state index in [0.29, 0.717) is 25.2 Å². The molecule has 0 radical (unpaired) electrons. The van der Waals surface area contributed by atoms with Crippen LogP contribution < -0.4 is 10.0 Å². The normalized spacial score (nSPS) is 11.3. The third-order valence-electron chi connectivity index (χ3n) is 2.89. The van der Waals surface area contributed by atoms with Crippen molar-refractivity contribution in [3.8, 4) is 0 Å². The number of sulfonamides is 1. The minimum Gasteiger partial charge on any atom is -0.481 e. The van der Waals surface area contributed by atoms with Gasteiger partial charge in [0.05, 0.1) is 5.69 Å². The lowest BCUT2D eigenvalue weighted by molar-refractivity contribution is -0.137. The van der Waals surface area contributed by atoms with E-state index in [2.05, 4.69) is 10.0 Å². The van der Waals surface area contributed by atoms with Crippen LogP contribution in [0.25, 0.3) is 0 Å². The molecule has 7 heteroatoms. The van der Waals surface area contributed by atoms with Gasteiger partial charge in [-0.3, -0.25) is 4.79 Å². The summed E-state index contributed by atoms with van der Waals surface area (Å²) in [5.41, 5.74) is 0.566. The predicted octanol–water partition coefficient (Wildman–Crippen LogP) is 2.04. The molecule has 0 bridgehead atoms. The summed E-state index contributed by atoms with van der Waals surface area (Å²) in [7, 11) is -3.49. The summed E-state index contributed by atoms with van der Waals surface area (Å²) in [6.45, 7) is 2.68. The van der Waals surface area contributed by atoms with E-state index in [0.717, 1.165) is 12.8 Å². The Bertz CT molecular complexity index is 558. The van der Waals surface area contributed by atoms with Gasteiger partial charge in [-0.2, -0.15) is 0 Å².